The van der Waals surface area contributed by atoms with E-state index in [1.165, 1.54) is 25.9 Å². The number of nitrogens with zero attached hydrogens (tertiary/aromatic N) is 5. The van der Waals surface area contributed by atoms with Crippen molar-refractivity contribution >= 4 is 0 Å². The molecule has 1 unspecified atom stereocenters. The van der Waals surface area contributed by atoms with Gasteiger partial charge in [0.1, 0.15) is 5.82 Å². The monoisotopic (exact) mass is 398 g/mol. The zero-order chi connectivity index (χ0) is 20.8. The van der Waals surface area contributed by atoms with E-state index in [-0.39, 0.29) is 5.70 Å². The van der Waals surface area contributed by atoms with Crippen LogP contribution in [0.15, 0.2) is 11.5 Å². The first-order chi connectivity index (χ1) is 14.0. The van der Waals surface area contributed by atoms with Gasteiger partial charge in [-0.25, -0.2) is 10.1 Å². The van der Waals surface area contributed by atoms with Crippen LogP contribution in [0.1, 0.15) is 59.3 Å². The Balaban J connectivity index is 1.57. The molecule has 160 valence electrons. The van der Waals surface area contributed by atoms with Crippen molar-refractivity contribution in [1.29, 1.82) is 5.26 Å². The Morgan fingerprint density at radius 1 is 1.10 bits per heavy atom. The van der Waals surface area contributed by atoms with E-state index in [9.17, 15) is 5.26 Å². The number of nitriles is 1. The third-order valence-electron chi connectivity index (χ3n) is 7.16. The van der Waals surface area contributed by atoms with Gasteiger partial charge < -0.3 is 20.0 Å². The van der Waals surface area contributed by atoms with Gasteiger partial charge >= 0.3 is 0 Å². The van der Waals surface area contributed by atoms with Crippen molar-refractivity contribution in [1.82, 2.24) is 20.0 Å². The summed E-state index contributed by atoms with van der Waals surface area (Å²) < 4.78 is 0. The highest BCUT2D eigenvalue weighted by atomic mass is 15.3. The number of hydrogen-bond acceptors (Lipinski definition) is 5. The van der Waals surface area contributed by atoms with E-state index in [0.717, 1.165) is 69.6 Å². The second-order valence-electron chi connectivity index (χ2n) is 9.39. The summed E-state index contributed by atoms with van der Waals surface area (Å²) >= 11 is 0. The van der Waals surface area contributed by atoms with E-state index in [4.69, 9.17) is 6.57 Å². The van der Waals surface area contributed by atoms with Crippen LogP contribution < -0.4 is 5.32 Å². The molecule has 0 spiro atoms. The van der Waals surface area contributed by atoms with Gasteiger partial charge in [0.05, 0.1) is 12.6 Å². The topological polar surface area (TPSA) is 49.9 Å². The number of nitrogens with one attached hydrogen (secondary N) is 1. The lowest BCUT2D eigenvalue weighted by atomic mass is 9.95. The Bertz CT molecular complexity index is 625. The molecule has 0 aliphatic carbocycles. The first-order valence-electron chi connectivity index (χ1n) is 11.5. The highest BCUT2D eigenvalue weighted by Gasteiger charge is 2.29. The van der Waals surface area contributed by atoms with Crippen molar-refractivity contribution < 1.29 is 0 Å². The van der Waals surface area contributed by atoms with Gasteiger partial charge in [-0.2, -0.15) is 0 Å². The van der Waals surface area contributed by atoms with Crippen LogP contribution in [0, 0.1) is 23.8 Å². The molecule has 3 fully saturated rings. The van der Waals surface area contributed by atoms with Crippen LogP contribution >= 0.6 is 0 Å². The standard InChI is InChI=1S/C23H38N6/c1-18(2)27-14-9-21(10-15-27)26-23(22(16-24)25-4)28-12-7-20(8-13-28)17-29-11-5-6-19(29)3/h18-21,26H,5-15,17H2,1-3H3/b23-22+. The zero-order valence-electron chi connectivity index (χ0n) is 18.5. The maximum atomic E-state index is 9.54. The van der Waals surface area contributed by atoms with Crippen LogP contribution in [0.3, 0.4) is 0 Å². The Kier molecular flexibility index (Phi) is 7.81. The molecule has 0 amide bonds. The van der Waals surface area contributed by atoms with Crippen LogP contribution in [0.4, 0.5) is 0 Å². The Morgan fingerprint density at radius 3 is 2.31 bits per heavy atom. The van der Waals surface area contributed by atoms with Crippen molar-refractivity contribution in [3.63, 3.8) is 0 Å². The van der Waals surface area contributed by atoms with Gasteiger partial charge in [-0.1, -0.05) is 0 Å². The van der Waals surface area contributed by atoms with Crippen molar-refractivity contribution in [3.8, 4) is 6.07 Å². The molecule has 1 atom stereocenters. The molecule has 6 nitrogen and oxygen atoms in total. The lowest BCUT2D eigenvalue weighted by Gasteiger charge is -2.40. The lowest BCUT2D eigenvalue weighted by molar-refractivity contribution is 0.140. The molecule has 0 saturated carbocycles. The maximum Gasteiger partial charge on any atom is 0.300 e. The molecule has 3 rings (SSSR count). The summed E-state index contributed by atoms with van der Waals surface area (Å²) in [6, 6.07) is 3.81. The van der Waals surface area contributed by atoms with E-state index in [0.29, 0.717) is 12.1 Å². The minimum Gasteiger partial charge on any atom is -0.377 e. The first-order valence-corrected chi connectivity index (χ1v) is 11.5. The molecule has 0 radical (unpaired) electrons. The molecule has 0 aromatic rings. The second kappa shape index (κ2) is 10.3. The molecule has 0 aromatic heterocycles. The normalized spacial score (nSPS) is 26.3. The van der Waals surface area contributed by atoms with Crippen molar-refractivity contribution in [2.45, 2.75) is 77.4 Å². The molecule has 0 aromatic carbocycles. The molecule has 29 heavy (non-hydrogen) atoms. The van der Waals surface area contributed by atoms with Gasteiger partial charge in [-0.15, -0.1) is 0 Å². The fourth-order valence-electron chi connectivity index (χ4n) is 5.13. The third-order valence-corrected chi connectivity index (χ3v) is 7.16. The van der Waals surface area contributed by atoms with Crippen LogP contribution in [-0.2, 0) is 0 Å². The van der Waals surface area contributed by atoms with E-state index >= 15 is 0 Å². The van der Waals surface area contributed by atoms with Crippen LogP contribution in [0.5, 0.6) is 0 Å². The van der Waals surface area contributed by atoms with Crippen molar-refractivity contribution in [2.75, 3.05) is 39.3 Å². The molecule has 3 aliphatic rings. The fraction of sp³-hybridized carbons (Fsp3) is 0.826. The van der Waals surface area contributed by atoms with Gasteiger partial charge in [-0.3, -0.25) is 0 Å². The minimum atomic E-state index is 0.225. The Hall–Kier alpha value is -1.76. The first kappa shape index (κ1) is 21.9. The van der Waals surface area contributed by atoms with E-state index < -0.39 is 0 Å². The molecule has 3 heterocycles. The van der Waals surface area contributed by atoms with Crippen molar-refractivity contribution in [2.24, 2.45) is 5.92 Å². The SMILES string of the molecule is [C-]#[N+]/C(C#N)=C(\NC1CCN(C(C)C)CC1)N1CCC(CN2CCCC2C)CC1. The molecule has 3 aliphatic heterocycles. The predicted molar refractivity (Wildman–Crippen MR) is 117 cm³/mol. The predicted octanol–water partition coefficient (Wildman–Crippen LogP) is 3.26. The summed E-state index contributed by atoms with van der Waals surface area (Å²) in [6.45, 7) is 20.9. The van der Waals surface area contributed by atoms with E-state index in [1.807, 2.05) is 0 Å². The Labute approximate surface area is 177 Å². The largest absolute Gasteiger partial charge is 0.377 e. The fourth-order valence-corrected chi connectivity index (χ4v) is 5.13. The molecular weight excluding hydrogens is 360 g/mol. The third kappa shape index (κ3) is 5.65. The smallest absolute Gasteiger partial charge is 0.300 e. The second-order valence-corrected chi connectivity index (χ2v) is 9.39. The summed E-state index contributed by atoms with van der Waals surface area (Å²) in [7, 11) is 0. The number of allylic oxidation sites excluding steroid dienone is 1. The molecule has 6 heteroatoms. The molecule has 0 bridgehead atoms. The Morgan fingerprint density at radius 2 is 1.79 bits per heavy atom. The van der Waals surface area contributed by atoms with E-state index in [2.05, 4.69) is 51.7 Å². The highest BCUT2D eigenvalue weighted by Crippen LogP contribution is 2.26. The van der Waals surface area contributed by atoms with Crippen LogP contribution in [0.2, 0.25) is 0 Å². The lowest BCUT2D eigenvalue weighted by Crippen LogP contribution is -2.48. The molecule has 3 saturated heterocycles. The van der Waals surface area contributed by atoms with Crippen LogP contribution in [0.25, 0.3) is 4.85 Å². The van der Waals surface area contributed by atoms with Gasteiger partial charge in [-0.05, 0) is 71.8 Å². The number of hydrogen-bond donors (Lipinski definition) is 1. The summed E-state index contributed by atoms with van der Waals surface area (Å²) in [5, 5.41) is 13.2. The van der Waals surface area contributed by atoms with Crippen LogP contribution in [-0.4, -0.2) is 72.1 Å². The van der Waals surface area contributed by atoms with Gasteiger partial charge in [0.15, 0.2) is 0 Å². The summed E-state index contributed by atoms with van der Waals surface area (Å²) in [4.78, 5) is 11.0. The minimum absolute atomic E-state index is 0.225. The number of piperidine rings is 2. The van der Waals surface area contributed by atoms with Gasteiger partial charge in [0, 0.05) is 50.8 Å². The maximum absolute atomic E-state index is 9.54. The number of rotatable bonds is 6. The highest BCUT2D eigenvalue weighted by molar-refractivity contribution is 5.32. The van der Waals surface area contributed by atoms with Gasteiger partial charge in [0.2, 0.25) is 0 Å². The summed E-state index contributed by atoms with van der Waals surface area (Å²) in [5.41, 5.74) is 0.225. The zero-order valence-corrected chi connectivity index (χ0v) is 18.5. The molecular formula is C23H38N6. The average Bonchev–Trinajstić information content (AvgIpc) is 3.13. The average molecular weight is 399 g/mol. The number of likely N-dealkylation sites (tertiary alicyclic amines) is 3. The molecule has 1 N–H and O–H groups in total. The summed E-state index contributed by atoms with van der Waals surface area (Å²) in [5.74, 6) is 1.53. The quantitative estimate of drug-likeness (QED) is 0.550. The van der Waals surface area contributed by atoms with Crippen molar-refractivity contribution in [3.05, 3.63) is 22.9 Å². The summed E-state index contributed by atoms with van der Waals surface area (Å²) in [6.07, 6.45) is 7.11. The van der Waals surface area contributed by atoms with Gasteiger partial charge in [0.25, 0.3) is 5.70 Å². The van der Waals surface area contributed by atoms with E-state index in [1.54, 1.807) is 0 Å².